The molecule has 1 aromatic heterocycles. The number of amides is 2. The Kier molecular flexibility index (Phi) is 7.92. The fraction of sp³-hybridized carbons (Fsp3) is 0.294. The number of rotatable bonds is 7. The van der Waals surface area contributed by atoms with Crippen LogP contribution < -0.4 is 51.6 Å². The largest absolute Gasteiger partial charge is 1.00 e. The van der Waals surface area contributed by atoms with Crippen LogP contribution in [0.1, 0.15) is 11.6 Å². The maximum absolute atomic E-state index is 12.7. The number of phenols is 1. The molecule has 0 radical (unpaired) electrons. The van der Waals surface area contributed by atoms with Gasteiger partial charge in [0.05, 0.1) is 11.7 Å². The molecule has 1 unspecified atom stereocenters. The monoisotopic (exact) mass is 500 g/mol. The Morgan fingerprint density at radius 1 is 1.36 bits per heavy atom. The van der Waals surface area contributed by atoms with E-state index in [1.165, 1.54) is 36.0 Å². The number of nitrogens with one attached hydrogen (secondary N) is 1. The van der Waals surface area contributed by atoms with Crippen LogP contribution in [0, 0.1) is 0 Å². The van der Waals surface area contributed by atoms with Crippen LogP contribution in [0.25, 0.3) is 0 Å². The van der Waals surface area contributed by atoms with Gasteiger partial charge in [0.15, 0.2) is 0 Å². The number of β-lactam (4-membered cyclic amide) rings is 1. The van der Waals surface area contributed by atoms with E-state index in [0.717, 1.165) is 21.5 Å². The molecule has 2 aliphatic rings. The fourth-order valence-electron chi connectivity index (χ4n) is 3.29. The fourth-order valence-corrected chi connectivity index (χ4v) is 5.57. The van der Waals surface area contributed by atoms with E-state index >= 15 is 0 Å². The van der Waals surface area contributed by atoms with Crippen LogP contribution in [0.3, 0.4) is 0 Å². The molecule has 2 amide bonds. The molecule has 13 nitrogen and oxygen atoms in total. The Morgan fingerprint density at radius 3 is 2.67 bits per heavy atom. The van der Waals surface area contributed by atoms with Crippen molar-refractivity contribution in [1.29, 1.82) is 0 Å². The average Bonchev–Trinajstić information content (AvgIpc) is 3.19. The molecule has 16 heteroatoms. The summed E-state index contributed by atoms with van der Waals surface area (Å²) in [6, 6.07) is 3.82. The standard InChI is InChI=1S/C17H18N8O5S2.Na/c18-10(7-1-3-9(26)4-2-7)13(27)20-11-14(28)24-12(16(29)30)8(5-31-15(11)24)6-32-17-21-22-23-25(17)19;/h1-4,10-11,15,26H,5-6,18-19H2,(H,20,27)(H,29,30);/q;+1/p-1/t10?,11-,15+;/m1./s1. The van der Waals surface area contributed by atoms with Crippen molar-refractivity contribution in [2.24, 2.45) is 5.73 Å². The molecule has 0 saturated carbocycles. The van der Waals surface area contributed by atoms with Gasteiger partial charge in [-0.2, -0.15) is 0 Å². The second-order valence-electron chi connectivity index (χ2n) is 6.90. The van der Waals surface area contributed by atoms with Crippen molar-refractivity contribution in [1.82, 2.24) is 30.5 Å². The number of nitrogens with two attached hydrogens (primary N) is 2. The first-order chi connectivity index (χ1) is 15.3. The Bertz CT molecular complexity index is 1110. The van der Waals surface area contributed by atoms with Crippen LogP contribution in [0.2, 0.25) is 0 Å². The Morgan fingerprint density at radius 2 is 2.06 bits per heavy atom. The molecule has 168 valence electrons. The number of tetrazole rings is 1. The summed E-state index contributed by atoms with van der Waals surface area (Å²) in [6.07, 6.45) is 0. The van der Waals surface area contributed by atoms with E-state index in [1.807, 2.05) is 0 Å². The minimum absolute atomic E-state index is 0. The molecular weight excluding hydrogens is 483 g/mol. The predicted molar refractivity (Wildman–Crippen MR) is 111 cm³/mol. The van der Waals surface area contributed by atoms with Gasteiger partial charge in [-0.1, -0.05) is 29.0 Å². The molecule has 0 bridgehead atoms. The van der Waals surface area contributed by atoms with Crippen molar-refractivity contribution >= 4 is 41.3 Å². The average molecular weight is 500 g/mol. The van der Waals surface area contributed by atoms with Crippen molar-refractivity contribution in [3.63, 3.8) is 0 Å². The quantitative estimate of drug-likeness (QED) is 0.121. The summed E-state index contributed by atoms with van der Waals surface area (Å²) >= 11 is 2.43. The molecule has 0 aliphatic carbocycles. The third kappa shape index (κ3) is 4.97. The van der Waals surface area contributed by atoms with E-state index in [0.29, 0.717) is 16.9 Å². The number of carboxylic acid groups (broad SMARTS) is 1. The number of fused-ring (bicyclic) bond motifs is 1. The van der Waals surface area contributed by atoms with E-state index in [-0.39, 0.29) is 51.9 Å². The van der Waals surface area contributed by atoms with Gasteiger partial charge in [-0.15, -0.1) is 16.6 Å². The van der Waals surface area contributed by atoms with Gasteiger partial charge in [-0.05, 0) is 33.7 Å². The van der Waals surface area contributed by atoms with Gasteiger partial charge in [0, 0.05) is 11.5 Å². The second-order valence-corrected chi connectivity index (χ2v) is 8.95. The van der Waals surface area contributed by atoms with Crippen LogP contribution in [0.4, 0.5) is 0 Å². The number of phenolic OH excluding ortho intramolecular Hbond substituents is 1. The minimum atomic E-state index is -1.49. The zero-order chi connectivity index (χ0) is 23.0. The van der Waals surface area contributed by atoms with E-state index in [9.17, 15) is 24.6 Å². The number of hydrogen-bond donors (Lipinski definition) is 4. The van der Waals surface area contributed by atoms with Crippen molar-refractivity contribution in [2.75, 3.05) is 17.3 Å². The minimum Gasteiger partial charge on any atom is -0.543 e. The Labute approximate surface area is 217 Å². The van der Waals surface area contributed by atoms with E-state index in [1.54, 1.807) is 0 Å². The molecule has 1 fully saturated rings. The van der Waals surface area contributed by atoms with Gasteiger partial charge in [0.1, 0.15) is 23.2 Å². The molecule has 1 saturated heterocycles. The molecule has 2 aliphatic heterocycles. The van der Waals surface area contributed by atoms with Gasteiger partial charge >= 0.3 is 29.6 Å². The first kappa shape index (κ1) is 25.3. The first-order valence-electron chi connectivity index (χ1n) is 9.17. The number of aromatic hydroxyl groups is 1. The summed E-state index contributed by atoms with van der Waals surface area (Å²) in [5.41, 5.74) is 6.64. The number of carbonyl (C=O) groups excluding carboxylic acids is 3. The number of nitrogens with zero attached hydrogens (tertiary/aromatic N) is 5. The van der Waals surface area contributed by atoms with Crippen molar-refractivity contribution in [3.05, 3.63) is 41.1 Å². The number of aromatic nitrogens is 4. The number of benzene rings is 1. The summed E-state index contributed by atoms with van der Waals surface area (Å²) in [5, 5.41) is 34.1. The molecule has 6 N–H and O–H groups in total. The summed E-state index contributed by atoms with van der Waals surface area (Å²) in [7, 11) is 0. The van der Waals surface area contributed by atoms with E-state index in [2.05, 4.69) is 20.8 Å². The number of carboxylic acids is 1. The summed E-state index contributed by atoms with van der Waals surface area (Å²) < 4.78 is 0. The molecule has 0 spiro atoms. The van der Waals surface area contributed by atoms with Crippen molar-refractivity contribution < 1.29 is 54.2 Å². The molecular formula is C17H17N8NaO5S2. The van der Waals surface area contributed by atoms with Gasteiger partial charge < -0.3 is 31.9 Å². The molecule has 3 atom stereocenters. The van der Waals surface area contributed by atoms with Gasteiger partial charge in [-0.25, -0.2) is 0 Å². The number of carbonyl (C=O) groups is 3. The van der Waals surface area contributed by atoms with Crippen LogP contribution in [-0.2, 0) is 14.4 Å². The Hall–Kier alpha value is -2.30. The topological polar surface area (TPSA) is 205 Å². The normalized spacial score (nSPS) is 20.4. The number of nitrogen functional groups attached to an aromatic ring is 1. The predicted octanol–water partition coefficient (Wildman–Crippen LogP) is -5.71. The molecule has 4 rings (SSSR count). The number of hydrogen-bond acceptors (Lipinski definition) is 12. The Balaban J connectivity index is 0.00000306. The summed E-state index contributed by atoms with van der Waals surface area (Å²) in [5.74, 6) is 3.42. The van der Waals surface area contributed by atoms with Crippen molar-refractivity contribution in [2.45, 2.75) is 22.6 Å². The van der Waals surface area contributed by atoms with E-state index in [4.69, 9.17) is 11.6 Å². The SMILES string of the molecule is NC(C(=O)N[C@@H]1C(=O)N2C(C(=O)[O-])=C(CSc3nnnn3N)CS[C@@H]12)c1ccc(O)cc1.[Na+]. The second kappa shape index (κ2) is 10.3. The van der Waals surface area contributed by atoms with Crippen LogP contribution in [0.15, 0.2) is 40.7 Å². The molecule has 33 heavy (non-hydrogen) atoms. The maximum Gasteiger partial charge on any atom is 1.00 e. The number of thioether (sulfide) groups is 2. The van der Waals surface area contributed by atoms with Gasteiger partial charge in [0.2, 0.25) is 11.1 Å². The molecule has 3 heterocycles. The van der Waals surface area contributed by atoms with Crippen LogP contribution in [0.5, 0.6) is 5.75 Å². The molecule has 2 aromatic rings. The molecule has 1 aromatic carbocycles. The van der Waals surface area contributed by atoms with Gasteiger partial charge in [-0.3, -0.25) is 14.5 Å². The van der Waals surface area contributed by atoms with Crippen LogP contribution in [-0.4, -0.2) is 71.0 Å². The van der Waals surface area contributed by atoms with Crippen LogP contribution >= 0.6 is 23.5 Å². The smallest absolute Gasteiger partial charge is 0.543 e. The maximum atomic E-state index is 12.7. The van der Waals surface area contributed by atoms with Gasteiger partial charge in [0.25, 0.3) is 5.91 Å². The van der Waals surface area contributed by atoms with E-state index < -0.39 is 35.2 Å². The summed E-state index contributed by atoms with van der Waals surface area (Å²) in [6.45, 7) is 0. The zero-order valence-electron chi connectivity index (χ0n) is 17.2. The zero-order valence-corrected chi connectivity index (χ0v) is 20.9. The third-order valence-corrected chi connectivity index (χ3v) is 7.27. The first-order valence-corrected chi connectivity index (χ1v) is 11.2. The summed E-state index contributed by atoms with van der Waals surface area (Å²) in [4.78, 5) is 39.1. The number of aliphatic carboxylic acids is 1. The third-order valence-electron chi connectivity index (χ3n) is 4.91. The van der Waals surface area contributed by atoms with Crippen molar-refractivity contribution in [3.8, 4) is 5.75 Å².